The van der Waals surface area contributed by atoms with Gasteiger partial charge in [0.1, 0.15) is 13.2 Å². The van der Waals surface area contributed by atoms with E-state index in [2.05, 4.69) is 19.9 Å². The number of rotatable bonds is 4. The predicted octanol–water partition coefficient (Wildman–Crippen LogP) is 2.81. The van der Waals surface area contributed by atoms with Crippen molar-refractivity contribution in [2.45, 2.75) is 51.7 Å². The van der Waals surface area contributed by atoms with Gasteiger partial charge in [0, 0.05) is 13.0 Å². The summed E-state index contributed by atoms with van der Waals surface area (Å²) in [5.74, 6) is 1.84. The minimum absolute atomic E-state index is 0.111. The fraction of sp³-hybridized carbons (Fsp3) is 0.632. The molecule has 1 amide bonds. The summed E-state index contributed by atoms with van der Waals surface area (Å²) >= 11 is 0. The van der Waals surface area contributed by atoms with Crippen molar-refractivity contribution in [1.29, 1.82) is 0 Å². The summed E-state index contributed by atoms with van der Waals surface area (Å²) in [6.45, 7) is 8.63. The van der Waals surface area contributed by atoms with Crippen LogP contribution in [0.1, 0.15) is 39.2 Å². The lowest BCUT2D eigenvalue weighted by Gasteiger charge is -2.44. The Hall–Kier alpha value is -1.75. The number of hydrogen-bond donors (Lipinski definition) is 0. The summed E-state index contributed by atoms with van der Waals surface area (Å²) in [7, 11) is 0. The number of morpholine rings is 1. The first-order valence-corrected chi connectivity index (χ1v) is 8.76. The second-order valence-electron chi connectivity index (χ2n) is 7.27. The highest BCUT2D eigenvalue weighted by Crippen LogP contribution is 2.31. The van der Waals surface area contributed by atoms with Gasteiger partial charge in [-0.1, -0.05) is 6.07 Å². The second kappa shape index (κ2) is 7.01. The van der Waals surface area contributed by atoms with Gasteiger partial charge in [-0.3, -0.25) is 4.79 Å². The molecule has 2 aliphatic rings. The van der Waals surface area contributed by atoms with Crippen molar-refractivity contribution >= 4 is 5.91 Å². The highest BCUT2D eigenvalue weighted by Gasteiger charge is 2.36. The number of amides is 1. The van der Waals surface area contributed by atoms with Crippen LogP contribution < -0.4 is 9.47 Å². The summed E-state index contributed by atoms with van der Waals surface area (Å²) in [6.07, 6.45) is 2.37. The third-order valence-electron chi connectivity index (χ3n) is 4.66. The molecule has 5 heteroatoms. The number of fused-ring (bicyclic) bond motifs is 1. The smallest absolute Gasteiger partial charge is 0.223 e. The average molecular weight is 333 g/mol. The summed E-state index contributed by atoms with van der Waals surface area (Å²) in [4.78, 5) is 14.6. The fourth-order valence-electron chi connectivity index (χ4n) is 3.24. The number of carbonyl (C=O) groups is 1. The van der Waals surface area contributed by atoms with Crippen molar-refractivity contribution in [3.63, 3.8) is 0 Å². The fourth-order valence-corrected chi connectivity index (χ4v) is 3.24. The highest BCUT2D eigenvalue weighted by molar-refractivity contribution is 5.77. The number of hydrogen-bond acceptors (Lipinski definition) is 4. The number of aryl methyl sites for hydroxylation is 1. The Bertz CT molecular complexity index is 599. The van der Waals surface area contributed by atoms with Crippen molar-refractivity contribution < 1.29 is 19.0 Å². The zero-order valence-electron chi connectivity index (χ0n) is 14.8. The van der Waals surface area contributed by atoms with Crippen molar-refractivity contribution in [3.8, 4) is 11.5 Å². The summed E-state index contributed by atoms with van der Waals surface area (Å²) < 4.78 is 16.8. The van der Waals surface area contributed by atoms with Crippen molar-refractivity contribution in [1.82, 2.24) is 4.90 Å². The largest absolute Gasteiger partial charge is 0.486 e. The standard InChI is InChI=1S/C19H27NO4/c1-14-12-20(19(2,3)13-24-14)18(21)6-4-5-15-7-8-16-17(11-15)23-10-9-22-16/h7-8,11,14H,4-6,9-10,12-13H2,1-3H3. The van der Waals surface area contributed by atoms with Gasteiger partial charge in [0.05, 0.1) is 18.2 Å². The minimum Gasteiger partial charge on any atom is -0.486 e. The lowest BCUT2D eigenvalue weighted by Crippen LogP contribution is -2.57. The molecule has 0 N–H and O–H groups in total. The van der Waals surface area contributed by atoms with Crippen molar-refractivity contribution in [2.75, 3.05) is 26.4 Å². The molecule has 2 aliphatic heterocycles. The predicted molar refractivity (Wildman–Crippen MR) is 91.6 cm³/mol. The molecule has 5 nitrogen and oxygen atoms in total. The monoisotopic (exact) mass is 333 g/mol. The van der Waals surface area contributed by atoms with Gasteiger partial charge in [0.15, 0.2) is 11.5 Å². The second-order valence-corrected chi connectivity index (χ2v) is 7.27. The van der Waals surface area contributed by atoms with Crippen LogP contribution in [0.2, 0.25) is 0 Å². The maximum Gasteiger partial charge on any atom is 0.223 e. The molecule has 0 saturated carbocycles. The normalized spacial score (nSPS) is 22.3. The van der Waals surface area contributed by atoms with Crippen molar-refractivity contribution in [3.05, 3.63) is 23.8 Å². The molecule has 2 heterocycles. The maximum absolute atomic E-state index is 12.6. The molecule has 0 radical (unpaired) electrons. The van der Waals surface area contributed by atoms with E-state index in [1.807, 2.05) is 24.0 Å². The molecule has 0 spiro atoms. The number of benzene rings is 1. The lowest BCUT2D eigenvalue weighted by atomic mass is 9.99. The molecule has 1 saturated heterocycles. The van der Waals surface area contributed by atoms with Gasteiger partial charge >= 0.3 is 0 Å². The lowest BCUT2D eigenvalue weighted by molar-refractivity contribution is -0.152. The molecule has 1 fully saturated rings. The van der Waals surface area contributed by atoms with E-state index in [1.54, 1.807) is 0 Å². The van der Waals surface area contributed by atoms with E-state index in [0.717, 1.165) is 24.3 Å². The van der Waals surface area contributed by atoms with Gasteiger partial charge in [0.2, 0.25) is 5.91 Å². The topological polar surface area (TPSA) is 48.0 Å². The van der Waals surface area contributed by atoms with Crippen LogP contribution in [0.3, 0.4) is 0 Å². The van der Waals surface area contributed by atoms with E-state index < -0.39 is 0 Å². The average Bonchev–Trinajstić information content (AvgIpc) is 2.57. The van der Waals surface area contributed by atoms with E-state index >= 15 is 0 Å². The molecule has 0 aliphatic carbocycles. The number of carbonyl (C=O) groups excluding carboxylic acids is 1. The third kappa shape index (κ3) is 3.83. The first kappa shape index (κ1) is 17.1. The van der Waals surface area contributed by atoms with Crippen LogP contribution in [0.4, 0.5) is 0 Å². The maximum atomic E-state index is 12.6. The zero-order chi connectivity index (χ0) is 17.2. The van der Waals surface area contributed by atoms with Crippen molar-refractivity contribution in [2.24, 2.45) is 0 Å². The molecule has 0 aromatic heterocycles. The van der Waals surface area contributed by atoms with E-state index in [1.165, 1.54) is 5.56 Å². The molecule has 0 bridgehead atoms. The molecular formula is C19H27NO4. The van der Waals surface area contributed by atoms with E-state index in [9.17, 15) is 4.79 Å². The minimum atomic E-state index is -0.222. The Morgan fingerprint density at radius 3 is 2.79 bits per heavy atom. The Morgan fingerprint density at radius 1 is 1.25 bits per heavy atom. The van der Waals surface area contributed by atoms with Crippen LogP contribution in [-0.4, -0.2) is 48.8 Å². The van der Waals surface area contributed by atoms with E-state index in [0.29, 0.717) is 32.8 Å². The van der Waals surface area contributed by atoms with Gasteiger partial charge in [-0.05, 0) is 51.3 Å². The van der Waals surface area contributed by atoms with Crippen LogP contribution in [-0.2, 0) is 16.0 Å². The molecule has 1 unspecified atom stereocenters. The van der Waals surface area contributed by atoms with Gasteiger partial charge in [-0.15, -0.1) is 0 Å². The highest BCUT2D eigenvalue weighted by atomic mass is 16.6. The molecular weight excluding hydrogens is 306 g/mol. The van der Waals surface area contributed by atoms with Gasteiger partial charge in [-0.2, -0.15) is 0 Å². The van der Waals surface area contributed by atoms with E-state index in [4.69, 9.17) is 14.2 Å². The molecule has 1 aromatic carbocycles. The van der Waals surface area contributed by atoms with E-state index in [-0.39, 0.29) is 17.6 Å². The Kier molecular flexibility index (Phi) is 4.99. The Balaban J connectivity index is 1.53. The van der Waals surface area contributed by atoms with Crippen LogP contribution in [0.15, 0.2) is 18.2 Å². The quantitative estimate of drug-likeness (QED) is 0.850. The summed E-state index contributed by atoms with van der Waals surface area (Å²) in [6, 6.07) is 6.04. The Morgan fingerprint density at radius 2 is 2.00 bits per heavy atom. The van der Waals surface area contributed by atoms with Gasteiger partial charge in [-0.25, -0.2) is 0 Å². The first-order chi connectivity index (χ1) is 11.5. The van der Waals surface area contributed by atoms with Crippen LogP contribution >= 0.6 is 0 Å². The number of ether oxygens (including phenoxy) is 3. The summed E-state index contributed by atoms with van der Waals surface area (Å²) in [5, 5.41) is 0. The van der Waals surface area contributed by atoms with Gasteiger partial charge < -0.3 is 19.1 Å². The molecule has 3 rings (SSSR count). The first-order valence-electron chi connectivity index (χ1n) is 8.76. The van der Waals surface area contributed by atoms with Crippen LogP contribution in [0, 0.1) is 0 Å². The van der Waals surface area contributed by atoms with Crippen LogP contribution in [0.5, 0.6) is 11.5 Å². The zero-order valence-corrected chi connectivity index (χ0v) is 14.8. The van der Waals surface area contributed by atoms with Crippen LogP contribution in [0.25, 0.3) is 0 Å². The molecule has 1 atom stereocenters. The summed E-state index contributed by atoms with van der Waals surface area (Å²) in [5.41, 5.74) is 0.960. The molecule has 24 heavy (non-hydrogen) atoms. The van der Waals surface area contributed by atoms with Gasteiger partial charge in [0.25, 0.3) is 0 Å². The number of nitrogens with zero attached hydrogens (tertiary/aromatic N) is 1. The SMILES string of the molecule is CC1CN(C(=O)CCCc2ccc3c(c2)OCCO3)C(C)(C)CO1. The molecule has 132 valence electrons. The third-order valence-corrected chi connectivity index (χ3v) is 4.66. The molecule has 1 aromatic rings. The Labute approximate surface area is 143 Å².